The second-order valence-corrected chi connectivity index (χ2v) is 5.92. The van der Waals surface area contributed by atoms with E-state index in [1.165, 1.54) is 10.4 Å². The normalized spacial score (nSPS) is 13.3. The molecule has 3 heterocycles. The van der Waals surface area contributed by atoms with E-state index in [2.05, 4.69) is 29.6 Å². The standard InChI is InChI=1S/C12H13N3S2/c1-8-2-4-16-11(8)10(13)6-9-7-15-3-5-17-12(15)14-9/h2-5,7,10H,6,13H2,1H3. The molecule has 3 rings (SSSR count). The number of hydrogen-bond acceptors (Lipinski definition) is 4. The quantitative estimate of drug-likeness (QED) is 0.789. The van der Waals surface area contributed by atoms with E-state index in [1.807, 2.05) is 16.0 Å². The maximum absolute atomic E-state index is 6.23. The van der Waals surface area contributed by atoms with Gasteiger partial charge >= 0.3 is 0 Å². The van der Waals surface area contributed by atoms with Gasteiger partial charge in [0.15, 0.2) is 4.96 Å². The minimum atomic E-state index is 0.0552. The Morgan fingerprint density at radius 1 is 1.41 bits per heavy atom. The summed E-state index contributed by atoms with van der Waals surface area (Å²) in [7, 11) is 0. The van der Waals surface area contributed by atoms with E-state index >= 15 is 0 Å². The summed E-state index contributed by atoms with van der Waals surface area (Å²) in [5.41, 5.74) is 8.58. The van der Waals surface area contributed by atoms with Gasteiger partial charge in [0.25, 0.3) is 0 Å². The second-order valence-electron chi connectivity index (χ2n) is 4.10. The molecule has 0 spiro atoms. The Morgan fingerprint density at radius 3 is 3.00 bits per heavy atom. The van der Waals surface area contributed by atoms with Crippen LogP contribution in [0.1, 0.15) is 22.2 Å². The lowest BCUT2D eigenvalue weighted by Gasteiger charge is -2.08. The van der Waals surface area contributed by atoms with Crippen LogP contribution in [0.25, 0.3) is 4.96 Å². The van der Waals surface area contributed by atoms with Crippen molar-refractivity contribution >= 4 is 27.6 Å². The maximum Gasteiger partial charge on any atom is 0.193 e. The summed E-state index contributed by atoms with van der Waals surface area (Å²) in [5, 5.41) is 4.13. The van der Waals surface area contributed by atoms with Crippen LogP contribution >= 0.6 is 22.7 Å². The van der Waals surface area contributed by atoms with Crippen molar-refractivity contribution in [2.75, 3.05) is 0 Å². The van der Waals surface area contributed by atoms with E-state index in [4.69, 9.17) is 5.73 Å². The van der Waals surface area contributed by atoms with Gasteiger partial charge < -0.3 is 5.73 Å². The predicted octanol–water partition coefficient (Wildman–Crippen LogP) is 3.01. The highest BCUT2D eigenvalue weighted by molar-refractivity contribution is 7.15. The number of rotatable bonds is 3. The molecule has 3 aromatic heterocycles. The number of thiophene rings is 1. The summed E-state index contributed by atoms with van der Waals surface area (Å²) < 4.78 is 2.05. The highest BCUT2D eigenvalue weighted by Gasteiger charge is 2.13. The van der Waals surface area contributed by atoms with Crippen LogP contribution in [0.3, 0.4) is 0 Å². The molecule has 0 aliphatic heterocycles. The first kappa shape index (κ1) is 11.0. The Kier molecular flexibility index (Phi) is 2.74. The first-order chi connectivity index (χ1) is 8.24. The topological polar surface area (TPSA) is 43.3 Å². The third-order valence-corrected chi connectivity index (χ3v) is 4.73. The Bertz CT molecular complexity index is 606. The van der Waals surface area contributed by atoms with Crippen LogP contribution in [0.5, 0.6) is 0 Å². The molecule has 3 aromatic rings. The molecule has 1 unspecified atom stereocenters. The molecular weight excluding hydrogens is 250 g/mol. The smallest absolute Gasteiger partial charge is 0.193 e. The van der Waals surface area contributed by atoms with Crippen molar-refractivity contribution < 1.29 is 0 Å². The number of hydrogen-bond donors (Lipinski definition) is 1. The minimum absolute atomic E-state index is 0.0552. The van der Waals surface area contributed by atoms with Gasteiger partial charge in [-0.1, -0.05) is 0 Å². The number of fused-ring (bicyclic) bond motifs is 1. The van der Waals surface area contributed by atoms with Crippen molar-refractivity contribution in [3.8, 4) is 0 Å². The minimum Gasteiger partial charge on any atom is -0.323 e. The summed E-state index contributed by atoms with van der Waals surface area (Å²) in [6.07, 6.45) is 4.89. The molecular formula is C12H13N3S2. The van der Waals surface area contributed by atoms with Gasteiger partial charge in [0.05, 0.1) is 5.69 Å². The monoisotopic (exact) mass is 263 g/mol. The SMILES string of the molecule is Cc1ccsc1C(N)Cc1cn2ccsc2n1. The van der Waals surface area contributed by atoms with Gasteiger partial charge in [-0.05, 0) is 23.9 Å². The number of thiazole rings is 1. The van der Waals surface area contributed by atoms with Crippen LogP contribution in [0.2, 0.25) is 0 Å². The summed E-state index contributed by atoms with van der Waals surface area (Å²) in [5.74, 6) is 0. The molecule has 3 nitrogen and oxygen atoms in total. The second kappa shape index (κ2) is 4.25. The summed E-state index contributed by atoms with van der Waals surface area (Å²) in [6, 6.07) is 2.17. The van der Waals surface area contributed by atoms with Crippen LogP contribution in [-0.2, 0) is 6.42 Å². The number of aromatic nitrogens is 2. The fraction of sp³-hybridized carbons (Fsp3) is 0.250. The fourth-order valence-electron chi connectivity index (χ4n) is 1.96. The molecule has 0 amide bonds. The van der Waals surface area contributed by atoms with E-state index < -0.39 is 0 Å². The Morgan fingerprint density at radius 2 is 2.29 bits per heavy atom. The highest BCUT2D eigenvalue weighted by Crippen LogP contribution is 2.25. The van der Waals surface area contributed by atoms with Crippen molar-refractivity contribution in [2.45, 2.75) is 19.4 Å². The predicted molar refractivity (Wildman–Crippen MR) is 72.8 cm³/mol. The largest absolute Gasteiger partial charge is 0.323 e. The van der Waals surface area contributed by atoms with Crippen LogP contribution in [0.15, 0.2) is 29.2 Å². The summed E-state index contributed by atoms with van der Waals surface area (Å²) >= 11 is 3.38. The van der Waals surface area contributed by atoms with Gasteiger partial charge in [0.1, 0.15) is 0 Å². The molecule has 5 heteroatoms. The molecule has 0 aliphatic rings. The summed E-state index contributed by atoms with van der Waals surface area (Å²) in [6.45, 7) is 2.11. The van der Waals surface area contributed by atoms with Crippen molar-refractivity contribution in [1.29, 1.82) is 0 Å². The highest BCUT2D eigenvalue weighted by atomic mass is 32.1. The van der Waals surface area contributed by atoms with Crippen molar-refractivity contribution in [1.82, 2.24) is 9.38 Å². The lowest BCUT2D eigenvalue weighted by molar-refractivity contribution is 0.720. The van der Waals surface area contributed by atoms with Gasteiger partial charge in [-0.2, -0.15) is 0 Å². The average molecular weight is 263 g/mol. The molecule has 0 saturated carbocycles. The molecule has 17 heavy (non-hydrogen) atoms. The van der Waals surface area contributed by atoms with E-state index in [0.29, 0.717) is 0 Å². The van der Waals surface area contributed by atoms with Gasteiger partial charge in [-0.3, -0.25) is 4.40 Å². The van der Waals surface area contributed by atoms with E-state index in [1.54, 1.807) is 22.7 Å². The van der Waals surface area contributed by atoms with E-state index in [0.717, 1.165) is 17.1 Å². The number of aryl methyl sites for hydroxylation is 1. The molecule has 0 bridgehead atoms. The Hall–Kier alpha value is -1.17. The lowest BCUT2D eigenvalue weighted by Crippen LogP contribution is -2.13. The molecule has 0 fully saturated rings. The van der Waals surface area contributed by atoms with E-state index in [9.17, 15) is 0 Å². The molecule has 0 radical (unpaired) electrons. The van der Waals surface area contributed by atoms with Crippen LogP contribution in [-0.4, -0.2) is 9.38 Å². The maximum atomic E-state index is 6.23. The molecule has 0 saturated heterocycles. The zero-order valence-electron chi connectivity index (χ0n) is 9.46. The Labute approximate surface area is 108 Å². The van der Waals surface area contributed by atoms with Crippen molar-refractivity contribution in [3.63, 3.8) is 0 Å². The first-order valence-corrected chi connectivity index (χ1v) is 7.20. The summed E-state index contributed by atoms with van der Waals surface area (Å²) in [4.78, 5) is 6.86. The zero-order chi connectivity index (χ0) is 11.8. The molecule has 1 atom stereocenters. The lowest BCUT2D eigenvalue weighted by atomic mass is 10.1. The molecule has 0 aliphatic carbocycles. The van der Waals surface area contributed by atoms with Crippen molar-refractivity contribution in [2.24, 2.45) is 5.73 Å². The van der Waals surface area contributed by atoms with Gasteiger partial charge in [0.2, 0.25) is 0 Å². The first-order valence-electron chi connectivity index (χ1n) is 5.44. The zero-order valence-corrected chi connectivity index (χ0v) is 11.1. The van der Waals surface area contributed by atoms with Crippen molar-refractivity contribution in [3.05, 3.63) is 45.4 Å². The van der Waals surface area contributed by atoms with Gasteiger partial charge in [-0.25, -0.2) is 4.98 Å². The number of imidazole rings is 1. The molecule has 0 aromatic carbocycles. The van der Waals surface area contributed by atoms with Crippen LogP contribution in [0, 0.1) is 6.92 Å². The molecule has 2 N–H and O–H groups in total. The average Bonchev–Trinajstić information content (AvgIpc) is 2.92. The van der Waals surface area contributed by atoms with Crippen LogP contribution < -0.4 is 5.73 Å². The Balaban J connectivity index is 1.83. The number of nitrogens with zero attached hydrogens (tertiary/aromatic N) is 2. The van der Waals surface area contributed by atoms with Crippen LogP contribution in [0.4, 0.5) is 0 Å². The van der Waals surface area contributed by atoms with Gasteiger partial charge in [0, 0.05) is 35.1 Å². The molecule has 88 valence electrons. The van der Waals surface area contributed by atoms with Gasteiger partial charge in [-0.15, -0.1) is 22.7 Å². The third kappa shape index (κ3) is 2.01. The number of nitrogens with two attached hydrogens (primary N) is 1. The third-order valence-electron chi connectivity index (χ3n) is 2.81. The van der Waals surface area contributed by atoms with E-state index in [-0.39, 0.29) is 6.04 Å². The fourth-order valence-corrected chi connectivity index (χ4v) is 3.61.